The summed E-state index contributed by atoms with van der Waals surface area (Å²) in [6, 6.07) is 6.07. The normalized spacial score (nSPS) is 25.8. The third-order valence-electron chi connectivity index (χ3n) is 3.80. The number of hydrogen-bond donors (Lipinski definition) is 1. The quantitative estimate of drug-likeness (QED) is 0.876. The summed E-state index contributed by atoms with van der Waals surface area (Å²) in [6.07, 6.45) is 4.68. The van der Waals surface area contributed by atoms with Gasteiger partial charge in [0, 0.05) is 5.56 Å². The van der Waals surface area contributed by atoms with Crippen LogP contribution in [0.2, 0.25) is 0 Å². The van der Waals surface area contributed by atoms with Gasteiger partial charge in [-0.2, -0.15) is 0 Å². The predicted octanol–water partition coefficient (Wildman–Crippen LogP) is 4.01. The van der Waals surface area contributed by atoms with Gasteiger partial charge in [0.25, 0.3) is 0 Å². The van der Waals surface area contributed by atoms with Gasteiger partial charge in [-0.1, -0.05) is 25.0 Å². The Labute approximate surface area is 110 Å². The number of hydrogen-bond acceptors (Lipinski definition) is 2. The van der Waals surface area contributed by atoms with Gasteiger partial charge < -0.3 is 9.84 Å². The third kappa shape index (κ3) is 3.26. The molecule has 1 aliphatic rings. The number of ether oxygens (including phenoxy) is 1. The fraction of sp³-hybridized carbons (Fsp3) is 0.625. The van der Waals surface area contributed by atoms with Crippen LogP contribution in [0.4, 0.5) is 0 Å². The van der Waals surface area contributed by atoms with E-state index in [4.69, 9.17) is 4.74 Å². The van der Waals surface area contributed by atoms with Gasteiger partial charge in [0.15, 0.2) is 0 Å². The molecule has 1 aromatic carbocycles. The fourth-order valence-electron chi connectivity index (χ4n) is 2.77. The molecule has 2 rings (SSSR count). The molecule has 0 bridgehead atoms. The summed E-state index contributed by atoms with van der Waals surface area (Å²) in [5.41, 5.74) is 2.07. The first-order valence-electron chi connectivity index (χ1n) is 7.01. The fourth-order valence-corrected chi connectivity index (χ4v) is 2.77. The molecule has 2 heteroatoms. The monoisotopic (exact) mass is 248 g/mol. The van der Waals surface area contributed by atoms with Gasteiger partial charge in [0.2, 0.25) is 0 Å². The van der Waals surface area contributed by atoms with Crippen molar-refractivity contribution in [3.63, 3.8) is 0 Å². The Hall–Kier alpha value is -1.02. The van der Waals surface area contributed by atoms with E-state index in [1.807, 2.05) is 25.1 Å². The van der Waals surface area contributed by atoms with E-state index in [-0.39, 0.29) is 0 Å². The second-order valence-electron chi connectivity index (χ2n) is 5.73. The summed E-state index contributed by atoms with van der Waals surface area (Å²) in [5.74, 6) is 1.61. The molecule has 0 aromatic heterocycles. The Bertz CT molecular complexity index is 398. The van der Waals surface area contributed by atoms with E-state index in [9.17, 15) is 5.11 Å². The molecule has 2 nitrogen and oxygen atoms in total. The van der Waals surface area contributed by atoms with Crippen LogP contribution in [-0.4, -0.2) is 11.2 Å². The van der Waals surface area contributed by atoms with Crippen LogP contribution < -0.4 is 4.74 Å². The minimum absolute atomic E-state index is 0.314. The first-order valence-corrected chi connectivity index (χ1v) is 7.01. The zero-order chi connectivity index (χ0) is 13.1. The smallest absolute Gasteiger partial charge is 0.125 e. The van der Waals surface area contributed by atoms with E-state index in [2.05, 4.69) is 6.92 Å². The number of aliphatic hydroxyl groups excluding tert-OH is 1. The van der Waals surface area contributed by atoms with Crippen molar-refractivity contribution in [3.05, 3.63) is 29.3 Å². The molecule has 3 unspecified atom stereocenters. The average Bonchev–Trinajstić information content (AvgIpc) is 2.31. The molecule has 1 aromatic rings. The van der Waals surface area contributed by atoms with Gasteiger partial charge >= 0.3 is 0 Å². The van der Waals surface area contributed by atoms with Crippen molar-refractivity contribution in [1.29, 1.82) is 0 Å². The number of aryl methyl sites for hydroxylation is 1. The highest BCUT2D eigenvalue weighted by Gasteiger charge is 2.21. The maximum atomic E-state index is 9.83. The molecule has 0 spiro atoms. The Kier molecular flexibility index (Phi) is 4.28. The lowest BCUT2D eigenvalue weighted by atomic mass is 9.88. The summed E-state index contributed by atoms with van der Waals surface area (Å²) in [6.45, 7) is 6.13. The Morgan fingerprint density at radius 1 is 1.33 bits per heavy atom. The zero-order valence-electron chi connectivity index (χ0n) is 11.6. The van der Waals surface area contributed by atoms with Crippen molar-refractivity contribution < 1.29 is 9.84 Å². The van der Waals surface area contributed by atoms with Crippen molar-refractivity contribution in [3.8, 4) is 5.75 Å². The molecule has 0 saturated heterocycles. The van der Waals surface area contributed by atoms with Crippen molar-refractivity contribution in [2.75, 3.05) is 0 Å². The van der Waals surface area contributed by atoms with Crippen LogP contribution in [0.1, 0.15) is 56.8 Å². The van der Waals surface area contributed by atoms with Gasteiger partial charge in [0.1, 0.15) is 5.75 Å². The van der Waals surface area contributed by atoms with Crippen LogP contribution in [0.5, 0.6) is 5.75 Å². The Morgan fingerprint density at radius 2 is 2.11 bits per heavy atom. The third-order valence-corrected chi connectivity index (χ3v) is 3.80. The minimum Gasteiger partial charge on any atom is -0.490 e. The van der Waals surface area contributed by atoms with Crippen molar-refractivity contribution in [2.45, 2.75) is 58.7 Å². The van der Waals surface area contributed by atoms with E-state index in [0.717, 1.165) is 35.6 Å². The number of rotatable bonds is 3. The second-order valence-corrected chi connectivity index (χ2v) is 5.73. The van der Waals surface area contributed by atoms with Gasteiger partial charge in [-0.05, 0) is 51.2 Å². The van der Waals surface area contributed by atoms with Gasteiger partial charge in [-0.3, -0.25) is 0 Å². The first kappa shape index (κ1) is 13.4. The SMILES string of the molecule is Cc1ccc(OC2CCCC(C)C2)c(C(C)O)c1. The molecule has 1 aliphatic carbocycles. The van der Waals surface area contributed by atoms with Gasteiger partial charge in [-0.25, -0.2) is 0 Å². The zero-order valence-corrected chi connectivity index (χ0v) is 11.6. The summed E-state index contributed by atoms with van der Waals surface area (Å²) < 4.78 is 6.11. The van der Waals surface area contributed by atoms with Crippen molar-refractivity contribution >= 4 is 0 Å². The highest BCUT2D eigenvalue weighted by molar-refractivity contribution is 5.38. The Balaban J connectivity index is 2.12. The standard InChI is InChI=1S/C16H24O2/c1-11-5-4-6-14(9-11)18-16-8-7-12(2)10-15(16)13(3)17/h7-8,10-11,13-14,17H,4-6,9H2,1-3H3. The molecule has 0 amide bonds. The van der Waals surface area contributed by atoms with Gasteiger partial charge in [0.05, 0.1) is 12.2 Å². The Morgan fingerprint density at radius 3 is 2.78 bits per heavy atom. The largest absolute Gasteiger partial charge is 0.490 e. The average molecular weight is 248 g/mol. The van der Waals surface area contributed by atoms with Crippen LogP contribution in [0.3, 0.4) is 0 Å². The molecule has 1 N–H and O–H groups in total. The number of aliphatic hydroxyl groups is 1. The maximum Gasteiger partial charge on any atom is 0.125 e. The van der Waals surface area contributed by atoms with Crippen molar-refractivity contribution in [1.82, 2.24) is 0 Å². The second kappa shape index (κ2) is 5.75. The molecule has 0 heterocycles. The number of benzene rings is 1. The molecule has 100 valence electrons. The van der Waals surface area contributed by atoms with Crippen LogP contribution in [-0.2, 0) is 0 Å². The minimum atomic E-state index is -0.471. The van der Waals surface area contributed by atoms with Gasteiger partial charge in [-0.15, -0.1) is 0 Å². The molecule has 3 atom stereocenters. The van der Waals surface area contributed by atoms with Crippen LogP contribution >= 0.6 is 0 Å². The van der Waals surface area contributed by atoms with E-state index in [0.29, 0.717) is 6.10 Å². The summed E-state index contributed by atoms with van der Waals surface area (Å²) in [7, 11) is 0. The predicted molar refractivity (Wildman–Crippen MR) is 73.9 cm³/mol. The summed E-state index contributed by atoms with van der Waals surface area (Å²) in [4.78, 5) is 0. The van der Waals surface area contributed by atoms with E-state index >= 15 is 0 Å². The lowest BCUT2D eigenvalue weighted by Gasteiger charge is -2.28. The lowest BCUT2D eigenvalue weighted by Crippen LogP contribution is -2.24. The molecule has 18 heavy (non-hydrogen) atoms. The molecular formula is C16H24O2. The highest BCUT2D eigenvalue weighted by atomic mass is 16.5. The van der Waals surface area contributed by atoms with E-state index in [1.165, 1.54) is 12.8 Å². The van der Waals surface area contributed by atoms with Crippen LogP contribution in [0.25, 0.3) is 0 Å². The van der Waals surface area contributed by atoms with E-state index in [1.54, 1.807) is 6.92 Å². The van der Waals surface area contributed by atoms with E-state index < -0.39 is 6.10 Å². The highest BCUT2D eigenvalue weighted by Crippen LogP contribution is 2.31. The lowest BCUT2D eigenvalue weighted by molar-refractivity contribution is 0.121. The first-order chi connectivity index (χ1) is 8.56. The molecule has 1 saturated carbocycles. The molecular weight excluding hydrogens is 224 g/mol. The summed E-state index contributed by atoms with van der Waals surface area (Å²) >= 11 is 0. The van der Waals surface area contributed by atoms with Crippen LogP contribution in [0.15, 0.2) is 18.2 Å². The summed E-state index contributed by atoms with van der Waals surface area (Å²) in [5, 5.41) is 9.83. The topological polar surface area (TPSA) is 29.5 Å². The van der Waals surface area contributed by atoms with Crippen molar-refractivity contribution in [2.24, 2.45) is 5.92 Å². The molecule has 1 fully saturated rings. The molecule has 0 aliphatic heterocycles. The maximum absolute atomic E-state index is 9.83. The van der Waals surface area contributed by atoms with Crippen LogP contribution in [0, 0.1) is 12.8 Å². The molecule has 0 radical (unpaired) electrons.